The zero-order chi connectivity index (χ0) is 16.8. The molecule has 2 atom stereocenters. The molecule has 1 aromatic carbocycles. The quantitative estimate of drug-likeness (QED) is 0.699. The first-order chi connectivity index (χ1) is 11.0. The van der Waals surface area contributed by atoms with E-state index >= 15 is 0 Å². The number of rotatable bonds is 6. The highest BCUT2D eigenvalue weighted by Gasteiger charge is 2.20. The van der Waals surface area contributed by atoms with Gasteiger partial charge in [0.15, 0.2) is 0 Å². The number of carbonyl (C=O) groups is 2. The fourth-order valence-corrected chi connectivity index (χ4v) is 3.68. The van der Waals surface area contributed by atoms with Crippen LogP contribution in [0.15, 0.2) is 46.3 Å². The summed E-state index contributed by atoms with van der Waals surface area (Å²) >= 11 is 4.95. The van der Waals surface area contributed by atoms with Crippen LogP contribution in [-0.4, -0.2) is 11.9 Å². The van der Waals surface area contributed by atoms with Crippen LogP contribution >= 0.6 is 27.3 Å². The number of benzene rings is 1. The van der Waals surface area contributed by atoms with E-state index in [-0.39, 0.29) is 18.4 Å². The molecule has 0 fully saturated rings. The molecule has 1 heterocycles. The van der Waals surface area contributed by atoms with Gasteiger partial charge in [0.25, 0.3) is 0 Å². The highest BCUT2D eigenvalue weighted by Crippen LogP contribution is 2.25. The van der Waals surface area contributed by atoms with E-state index in [9.17, 15) is 9.59 Å². The van der Waals surface area contributed by atoms with Gasteiger partial charge < -0.3 is 16.4 Å². The molecule has 0 aliphatic heterocycles. The summed E-state index contributed by atoms with van der Waals surface area (Å²) in [6.45, 7) is 1.92. The van der Waals surface area contributed by atoms with E-state index in [0.29, 0.717) is 0 Å². The summed E-state index contributed by atoms with van der Waals surface area (Å²) in [6, 6.07) is 10.3. The van der Waals surface area contributed by atoms with Crippen LogP contribution in [0.4, 0.5) is 4.79 Å². The van der Waals surface area contributed by atoms with Gasteiger partial charge in [0.05, 0.1) is 18.5 Å². The van der Waals surface area contributed by atoms with Crippen molar-refractivity contribution in [2.45, 2.75) is 25.4 Å². The molecule has 3 amide bonds. The van der Waals surface area contributed by atoms with Gasteiger partial charge in [0.2, 0.25) is 5.91 Å². The Morgan fingerprint density at radius 1 is 1.22 bits per heavy atom. The van der Waals surface area contributed by atoms with Crippen LogP contribution in [0.3, 0.4) is 0 Å². The van der Waals surface area contributed by atoms with Crippen molar-refractivity contribution in [2.24, 2.45) is 5.73 Å². The standard InChI is InChI=1S/C16H18BrN3O2S/c1-10(11-5-2-3-6-12(11)17)19-15(21)9-13(20-16(18)22)14-7-4-8-23-14/h2-8,10,13H,9H2,1H3,(H,19,21)(H3,18,20,22)/t10-,13-/m0/s1. The average molecular weight is 396 g/mol. The molecule has 7 heteroatoms. The van der Waals surface area contributed by atoms with Crippen molar-refractivity contribution in [3.05, 3.63) is 56.7 Å². The number of nitrogens with one attached hydrogen (secondary N) is 2. The Labute approximate surface area is 147 Å². The molecule has 2 rings (SSSR count). The largest absolute Gasteiger partial charge is 0.352 e. The van der Waals surface area contributed by atoms with Crippen LogP contribution in [0, 0.1) is 0 Å². The van der Waals surface area contributed by atoms with Gasteiger partial charge in [-0.15, -0.1) is 11.3 Å². The number of thiophene rings is 1. The molecule has 0 saturated carbocycles. The van der Waals surface area contributed by atoms with Crippen molar-refractivity contribution >= 4 is 39.2 Å². The number of halogens is 1. The third kappa shape index (κ3) is 5.07. The summed E-state index contributed by atoms with van der Waals surface area (Å²) < 4.78 is 0.942. The van der Waals surface area contributed by atoms with E-state index in [4.69, 9.17) is 5.73 Å². The Hall–Kier alpha value is -1.86. The zero-order valence-corrected chi connectivity index (χ0v) is 15.0. The summed E-state index contributed by atoms with van der Waals surface area (Å²) in [4.78, 5) is 24.4. The number of hydrogen-bond donors (Lipinski definition) is 3. The van der Waals surface area contributed by atoms with Crippen molar-refractivity contribution in [3.8, 4) is 0 Å². The molecule has 0 radical (unpaired) electrons. The minimum absolute atomic E-state index is 0.137. The molecule has 5 nitrogen and oxygen atoms in total. The van der Waals surface area contributed by atoms with E-state index in [0.717, 1.165) is 14.9 Å². The Morgan fingerprint density at radius 2 is 1.96 bits per heavy atom. The summed E-state index contributed by atoms with van der Waals surface area (Å²) in [6.07, 6.45) is 0.137. The summed E-state index contributed by atoms with van der Waals surface area (Å²) in [7, 11) is 0. The first kappa shape index (κ1) is 17.5. The molecular weight excluding hydrogens is 378 g/mol. The smallest absolute Gasteiger partial charge is 0.312 e. The summed E-state index contributed by atoms with van der Waals surface area (Å²) in [5.74, 6) is -0.152. The lowest BCUT2D eigenvalue weighted by molar-refractivity contribution is -0.122. The number of nitrogens with two attached hydrogens (primary N) is 1. The fraction of sp³-hybridized carbons (Fsp3) is 0.250. The van der Waals surface area contributed by atoms with E-state index in [1.807, 2.05) is 48.7 Å². The van der Waals surface area contributed by atoms with Crippen molar-refractivity contribution < 1.29 is 9.59 Å². The van der Waals surface area contributed by atoms with Crippen LogP contribution in [0.5, 0.6) is 0 Å². The molecule has 0 aliphatic carbocycles. The number of amides is 3. The zero-order valence-electron chi connectivity index (χ0n) is 12.6. The lowest BCUT2D eigenvalue weighted by atomic mass is 10.1. The third-order valence-corrected chi connectivity index (χ3v) is 5.05. The van der Waals surface area contributed by atoms with Gasteiger partial charge in [0.1, 0.15) is 0 Å². The second-order valence-corrected chi connectivity index (χ2v) is 6.93. The topological polar surface area (TPSA) is 84.2 Å². The maximum atomic E-state index is 12.3. The first-order valence-corrected chi connectivity index (χ1v) is 8.77. The van der Waals surface area contributed by atoms with Gasteiger partial charge in [-0.2, -0.15) is 0 Å². The maximum absolute atomic E-state index is 12.3. The molecule has 4 N–H and O–H groups in total. The molecular formula is C16H18BrN3O2S. The molecule has 23 heavy (non-hydrogen) atoms. The van der Waals surface area contributed by atoms with Crippen LogP contribution in [-0.2, 0) is 4.79 Å². The Morgan fingerprint density at radius 3 is 2.57 bits per heavy atom. The predicted molar refractivity (Wildman–Crippen MR) is 95.1 cm³/mol. The Balaban J connectivity index is 2.02. The third-order valence-electron chi connectivity index (χ3n) is 3.34. The SMILES string of the molecule is C[C@H](NC(=O)C[C@H](NC(N)=O)c1cccs1)c1ccccc1Br. The van der Waals surface area contributed by atoms with Crippen molar-refractivity contribution in [3.63, 3.8) is 0 Å². The van der Waals surface area contributed by atoms with Crippen molar-refractivity contribution in [1.82, 2.24) is 10.6 Å². The molecule has 122 valence electrons. The predicted octanol–water partition coefficient (Wildman–Crippen LogP) is 3.49. The van der Waals surface area contributed by atoms with E-state index in [1.165, 1.54) is 11.3 Å². The van der Waals surface area contributed by atoms with Gasteiger partial charge in [0, 0.05) is 9.35 Å². The molecule has 1 aromatic heterocycles. The fourth-order valence-electron chi connectivity index (χ4n) is 2.27. The molecule has 0 saturated heterocycles. The lowest BCUT2D eigenvalue weighted by Crippen LogP contribution is -2.36. The summed E-state index contributed by atoms with van der Waals surface area (Å²) in [5, 5.41) is 7.46. The number of carbonyl (C=O) groups excluding carboxylic acids is 2. The van der Waals surface area contributed by atoms with Gasteiger partial charge in [-0.05, 0) is 30.0 Å². The van der Waals surface area contributed by atoms with Crippen LogP contribution < -0.4 is 16.4 Å². The molecule has 2 aromatic rings. The minimum Gasteiger partial charge on any atom is -0.352 e. The summed E-state index contributed by atoms with van der Waals surface area (Å²) in [5.41, 5.74) is 6.20. The number of hydrogen-bond acceptors (Lipinski definition) is 3. The molecule has 0 bridgehead atoms. The second-order valence-electron chi connectivity index (χ2n) is 5.09. The lowest BCUT2D eigenvalue weighted by Gasteiger charge is -2.19. The van der Waals surface area contributed by atoms with Gasteiger partial charge in [-0.25, -0.2) is 4.79 Å². The molecule has 0 spiro atoms. The number of urea groups is 1. The van der Waals surface area contributed by atoms with E-state index < -0.39 is 12.1 Å². The monoisotopic (exact) mass is 395 g/mol. The Bertz CT molecular complexity index is 676. The van der Waals surface area contributed by atoms with Crippen LogP contribution in [0.1, 0.15) is 35.9 Å². The highest BCUT2D eigenvalue weighted by molar-refractivity contribution is 9.10. The van der Waals surface area contributed by atoms with Gasteiger partial charge >= 0.3 is 6.03 Å². The normalized spacial score (nSPS) is 13.1. The van der Waals surface area contributed by atoms with Crippen molar-refractivity contribution in [2.75, 3.05) is 0 Å². The first-order valence-electron chi connectivity index (χ1n) is 7.10. The molecule has 0 aliphatic rings. The van der Waals surface area contributed by atoms with E-state index in [1.54, 1.807) is 0 Å². The van der Waals surface area contributed by atoms with Gasteiger partial charge in [-0.1, -0.05) is 40.2 Å². The maximum Gasteiger partial charge on any atom is 0.312 e. The number of primary amides is 1. The molecule has 0 unspecified atom stereocenters. The van der Waals surface area contributed by atoms with Gasteiger partial charge in [-0.3, -0.25) is 4.79 Å². The minimum atomic E-state index is -0.643. The second kappa shape index (κ2) is 8.12. The highest BCUT2D eigenvalue weighted by atomic mass is 79.9. The van der Waals surface area contributed by atoms with Crippen LogP contribution in [0.25, 0.3) is 0 Å². The average Bonchev–Trinajstić information content (AvgIpc) is 3.00. The Kier molecular flexibility index (Phi) is 6.18. The van der Waals surface area contributed by atoms with Crippen molar-refractivity contribution in [1.29, 1.82) is 0 Å². The van der Waals surface area contributed by atoms with Crippen LogP contribution in [0.2, 0.25) is 0 Å². The van der Waals surface area contributed by atoms with E-state index in [2.05, 4.69) is 26.6 Å².